The molecule has 2 heterocycles. The van der Waals surface area contributed by atoms with Crippen molar-refractivity contribution in [1.29, 1.82) is 0 Å². The average Bonchev–Trinajstić information content (AvgIpc) is 3.48. The van der Waals surface area contributed by atoms with E-state index in [2.05, 4.69) is 15.5 Å². The van der Waals surface area contributed by atoms with Gasteiger partial charge >= 0.3 is 0 Å². The van der Waals surface area contributed by atoms with Gasteiger partial charge in [-0.15, -0.1) is 10.2 Å². The minimum Gasteiger partial charge on any atom is -0.376 e. The molecule has 2 aromatic carbocycles. The number of anilines is 1. The molecule has 4 rings (SSSR count). The van der Waals surface area contributed by atoms with Gasteiger partial charge in [-0.05, 0) is 55.3 Å². The summed E-state index contributed by atoms with van der Waals surface area (Å²) in [7, 11) is 0. The minimum atomic E-state index is -0.741. The van der Waals surface area contributed by atoms with E-state index in [0.29, 0.717) is 29.2 Å². The summed E-state index contributed by atoms with van der Waals surface area (Å²) in [4.78, 5) is 35.8. The Labute approximate surface area is 210 Å². The molecular weight excluding hydrogens is 492 g/mol. The normalized spacial score (nSPS) is 15.2. The number of carbonyl (C=O) groups is 3. The van der Waals surface area contributed by atoms with Crippen LogP contribution >= 0.6 is 23.4 Å². The van der Waals surface area contributed by atoms with Gasteiger partial charge in [-0.1, -0.05) is 23.4 Å². The Morgan fingerprint density at radius 3 is 2.37 bits per heavy atom. The van der Waals surface area contributed by atoms with E-state index < -0.39 is 11.8 Å². The van der Waals surface area contributed by atoms with Crippen molar-refractivity contribution in [3.05, 3.63) is 58.6 Å². The molecule has 0 spiro atoms. The monoisotopic (exact) mass is 514 g/mol. The summed E-state index contributed by atoms with van der Waals surface area (Å²) < 4.78 is 7.74. The van der Waals surface area contributed by atoms with Crippen LogP contribution in [-0.4, -0.2) is 50.9 Å². The number of thioether (sulfide) groups is 1. The lowest BCUT2D eigenvalue weighted by atomic mass is 10.1. The summed E-state index contributed by atoms with van der Waals surface area (Å²) in [6.45, 7) is 1.27. The third-order valence-corrected chi connectivity index (χ3v) is 6.57. The molecule has 5 N–H and O–H groups in total. The van der Waals surface area contributed by atoms with E-state index in [-0.39, 0.29) is 34.6 Å². The highest BCUT2D eigenvalue weighted by Crippen LogP contribution is 2.27. The fourth-order valence-electron chi connectivity index (χ4n) is 3.68. The molecule has 35 heavy (non-hydrogen) atoms. The molecule has 0 aliphatic carbocycles. The first kappa shape index (κ1) is 24.7. The lowest BCUT2D eigenvalue weighted by Crippen LogP contribution is -2.19. The van der Waals surface area contributed by atoms with Crippen molar-refractivity contribution in [2.75, 3.05) is 17.7 Å². The van der Waals surface area contributed by atoms with Gasteiger partial charge in [0.1, 0.15) is 0 Å². The molecule has 1 saturated heterocycles. The van der Waals surface area contributed by atoms with E-state index in [0.717, 1.165) is 18.4 Å². The van der Waals surface area contributed by atoms with E-state index >= 15 is 0 Å². The summed E-state index contributed by atoms with van der Waals surface area (Å²) in [6, 6.07) is 11.3. The molecule has 0 saturated carbocycles. The number of aromatic nitrogens is 3. The largest absolute Gasteiger partial charge is 0.376 e. The van der Waals surface area contributed by atoms with Gasteiger partial charge in [0.05, 0.1) is 18.4 Å². The van der Waals surface area contributed by atoms with Gasteiger partial charge < -0.3 is 21.5 Å². The topological polar surface area (TPSA) is 155 Å². The zero-order valence-corrected chi connectivity index (χ0v) is 20.1. The van der Waals surface area contributed by atoms with Crippen LogP contribution in [0.4, 0.5) is 5.69 Å². The van der Waals surface area contributed by atoms with Crippen molar-refractivity contribution in [3.63, 3.8) is 0 Å². The van der Waals surface area contributed by atoms with Crippen molar-refractivity contribution in [2.45, 2.75) is 30.6 Å². The second-order valence-electron chi connectivity index (χ2n) is 7.92. The van der Waals surface area contributed by atoms with Crippen molar-refractivity contribution in [2.24, 2.45) is 11.5 Å². The number of ether oxygens (including phenoxy) is 1. The van der Waals surface area contributed by atoms with Crippen LogP contribution in [-0.2, 0) is 16.1 Å². The van der Waals surface area contributed by atoms with E-state index in [4.69, 9.17) is 27.8 Å². The Balaban J connectivity index is 1.51. The first-order chi connectivity index (χ1) is 16.8. The number of rotatable bonds is 9. The molecule has 3 aromatic rings. The van der Waals surface area contributed by atoms with Gasteiger partial charge in [-0.25, -0.2) is 0 Å². The molecule has 1 fully saturated rings. The number of hydrogen-bond donors (Lipinski definition) is 3. The molecule has 1 atom stereocenters. The van der Waals surface area contributed by atoms with Gasteiger partial charge in [-0.2, -0.15) is 0 Å². The van der Waals surface area contributed by atoms with E-state index in [9.17, 15) is 14.4 Å². The van der Waals surface area contributed by atoms with Gasteiger partial charge in [0.15, 0.2) is 11.0 Å². The molecule has 0 radical (unpaired) electrons. The lowest BCUT2D eigenvalue weighted by molar-refractivity contribution is -0.113. The summed E-state index contributed by atoms with van der Waals surface area (Å²) in [5.74, 6) is -1.19. The third-order valence-electron chi connectivity index (χ3n) is 5.35. The van der Waals surface area contributed by atoms with Crippen molar-refractivity contribution in [3.8, 4) is 11.4 Å². The maximum atomic E-state index is 12.7. The number of benzene rings is 2. The zero-order valence-electron chi connectivity index (χ0n) is 18.6. The third kappa shape index (κ3) is 6.18. The molecule has 0 bridgehead atoms. The fraction of sp³-hybridized carbons (Fsp3) is 0.261. The van der Waals surface area contributed by atoms with E-state index in [1.165, 1.54) is 30.0 Å². The van der Waals surface area contributed by atoms with Crippen molar-refractivity contribution < 1.29 is 19.1 Å². The number of halogens is 1. The van der Waals surface area contributed by atoms with Crippen LogP contribution in [0, 0.1) is 0 Å². The van der Waals surface area contributed by atoms with E-state index in [1.807, 2.05) is 16.7 Å². The second-order valence-corrected chi connectivity index (χ2v) is 9.30. The summed E-state index contributed by atoms with van der Waals surface area (Å²) in [5, 5.41) is 12.5. The molecule has 1 aromatic heterocycles. The number of carbonyl (C=O) groups excluding carboxylic acids is 3. The highest BCUT2D eigenvalue weighted by Gasteiger charge is 2.22. The second kappa shape index (κ2) is 10.9. The van der Waals surface area contributed by atoms with Gasteiger partial charge in [0.25, 0.3) is 0 Å². The van der Waals surface area contributed by atoms with E-state index in [1.54, 1.807) is 12.1 Å². The van der Waals surface area contributed by atoms with Crippen LogP contribution in [0.2, 0.25) is 5.02 Å². The smallest absolute Gasteiger partial charge is 0.248 e. The van der Waals surface area contributed by atoms with Gasteiger partial charge in [0.2, 0.25) is 17.7 Å². The van der Waals surface area contributed by atoms with Crippen LogP contribution in [0.1, 0.15) is 33.6 Å². The number of amides is 3. The summed E-state index contributed by atoms with van der Waals surface area (Å²) in [6.07, 6.45) is 1.96. The Kier molecular flexibility index (Phi) is 7.69. The number of nitrogens with one attached hydrogen (secondary N) is 1. The number of nitrogens with zero attached hydrogens (tertiary/aromatic N) is 3. The fourth-order valence-corrected chi connectivity index (χ4v) is 4.55. The SMILES string of the molecule is NC(=O)c1cc(NC(=O)CSc2nnc(-c3ccc(Cl)cc3)n2C[C@H]2CCCO2)cc(C(N)=O)c1. The number of primary amides is 2. The number of nitrogens with two attached hydrogens (primary N) is 2. The summed E-state index contributed by atoms with van der Waals surface area (Å²) >= 11 is 7.23. The highest BCUT2D eigenvalue weighted by molar-refractivity contribution is 7.99. The van der Waals surface area contributed by atoms with Gasteiger partial charge in [-0.3, -0.25) is 19.0 Å². The molecule has 3 amide bonds. The zero-order chi connectivity index (χ0) is 24.9. The van der Waals surface area contributed by atoms with Crippen LogP contribution in [0.3, 0.4) is 0 Å². The average molecular weight is 515 g/mol. The lowest BCUT2D eigenvalue weighted by Gasteiger charge is -2.15. The van der Waals surface area contributed by atoms with Crippen LogP contribution < -0.4 is 16.8 Å². The highest BCUT2D eigenvalue weighted by atomic mass is 35.5. The Morgan fingerprint density at radius 2 is 1.77 bits per heavy atom. The van der Waals surface area contributed by atoms with Gasteiger partial charge in [0, 0.05) is 34.0 Å². The van der Waals surface area contributed by atoms with Crippen molar-refractivity contribution >= 4 is 46.8 Å². The van der Waals surface area contributed by atoms with Crippen LogP contribution in [0.5, 0.6) is 0 Å². The van der Waals surface area contributed by atoms with Crippen molar-refractivity contribution in [1.82, 2.24) is 14.8 Å². The quantitative estimate of drug-likeness (QED) is 0.371. The summed E-state index contributed by atoms with van der Waals surface area (Å²) in [5.41, 5.74) is 11.8. The molecule has 182 valence electrons. The standard InChI is InChI=1S/C23H23ClN6O4S/c24-16-5-3-13(4-6-16)22-28-29-23(30(22)11-18-2-1-7-34-18)35-12-19(31)27-17-9-14(20(25)32)8-15(10-17)21(26)33/h3-6,8-10,18H,1-2,7,11-12H2,(H2,25,32)(H2,26,33)(H,27,31)/t18-/m1/s1. The molecule has 0 unspecified atom stereocenters. The molecule has 10 nitrogen and oxygen atoms in total. The van der Waals surface area contributed by atoms with Crippen LogP contribution in [0.15, 0.2) is 47.6 Å². The van der Waals surface area contributed by atoms with Crippen LogP contribution in [0.25, 0.3) is 11.4 Å². The first-order valence-electron chi connectivity index (χ1n) is 10.8. The Morgan fingerprint density at radius 1 is 1.09 bits per heavy atom. The predicted octanol–water partition coefficient (Wildman–Crippen LogP) is 2.71. The molecular formula is C23H23ClN6O4S. The Hall–Kier alpha value is -3.41. The molecule has 1 aliphatic heterocycles. The number of hydrogen-bond acceptors (Lipinski definition) is 7. The minimum absolute atomic E-state index is 0.0109. The maximum absolute atomic E-state index is 12.7. The molecule has 12 heteroatoms. The maximum Gasteiger partial charge on any atom is 0.248 e. The first-order valence-corrected chi connectivity index (χ1v) is 12.1. The predicted molar refractivity (Wildman–Crippen MR) is 132 cm³/mol. The Bertz CT molecular complexity index is 1230. The molecule has 1 aliphatic rings.